The van der Waals surface area contributed by atoms with Gasteiger partial charge in [-0.2, -0.15) is 0 Å². The molecule has 2 rings (SSSR count). The predicted molar refractivity (Wildman–Crippen MR) is 102 cm³/mol. The highest BCUT2D eigenvalue weighted by Gasteiger charge is 2.21. The molecule has 0 spiro atoms. The summed E-state index contributed by atoms with van der Waals surface area (Å²) in [5, 5.41) is 3.39. The van der Waals surface area contributed by atoms with Gasteiger partial charge in [0, 0.05) is 5.02 Å². The fourth-order valence-corrected chi connectivity index (χ4v) is 2.49. The minimum absolute atomic E-state index is 0.262. The van der Waals surface area contributed by atoms with Crippen LogP contribution >= 0.6 is 11.6 Å². The van der Waals surface area contributed by atoms with Gasteiger partial charge in [-0.1, -0.05) is 30.7 Å². The fourth-order valence-electron chi connectivity index (χ4n) is 2.37. The molecule has 6 heteroatoms. The molecule has 0 radical (unpaired) electrons. The number of amides is 1. The number of nitrogens with one attached hydrogen (secondary N) is 1. The van der Waals surface area contributed by atoms with E-state index in [-0.39, 0.29) is 12.5 Å². The van der Waals surface area contributed by atoms with Crippen LogP contribution in [0.5, 0.6) is 5.75 Å². The van der Waals surface area contributed by atoms with Crippen molar-refractivity contribution in [1.29, 1.82) is 0 Å². The number of carbonyl (C=O) groups excluding carboxylic acids is 2. The summed E-state index contributed by atoms with van der Waals surface area (Å²) in [6, 6.07) is 12.0. The first-order chi connectivity index (χ1) is 12.5. The average Bonchev–Trinajstić information content (AvgIpc) is 2.63. The molecule has 0 aliphatic rings. The number of anilines is 1. The van der Waals surface area contributed by atoms with Crippen molar-refractivity contribution in [3.05, 3.63) is 58.6 Å². The summed E-state index contributed by atoms with van der Waals surface area (Å²) in [6.07, 6.45) is -0.236. The van der Waals surface area contributed by atoms with Crippen molar-refractivity contribution in [3.8, 4) is 5.75 Å². The number of carbonyl (C=O) groups is 2. The third kappa shape index (κ3) is 4.99. The Balaban J connectivity index is 2.14. The lowest BCUT2D eigenvalue weighted by molar-refractivity contribution is -0.122. The van der Waals surface area contributed by atoms with E-state index >= 15 is 0 Å². The first-order valence-corrected chi connectivity index (χ1v) is 8.83. The summed E-state index contributed by atoms with van der Waals surface area (Å²) in [7, 11) is 0. The van der Waals surface area contributed by atoms with Crippen molar-refractivity contribution in [3.63, 3.8) is 0 Å². The minimum Gasteiger partial charge on any atom is -0.481 e. The lowest BCUT2D eigenvalue weighted by Gasteiger charge is -2.18. The van der Waals surface area contributed by atoms with Crippen molar-refractivity contribution < 1.29 is 19.1 Å². The van der Waals surface area contributed by atoms with Crippen molar-refractivity contribution in [2.45, 2.75) is 33.3 Å². The van der Waals surface area contributed by atoms with Crippen molar-refractivity contribution in [2.75, 3.05) is 11.9 Å². The summed E-state index contributed by atoms with van der Waals surface area (Å²) in [4.78, 5) is 24.6. The van der Waals surface area contributed by atoms with E-state index in [4.69, 9.17) is 21.1 Å². The molecule has 0 saturated carbocycles. The SMILES string of the molecule is CCOC(=O)c1ccccc1NC(=O)C(CC)Oc1ccc(Cl)c(C)c1. The highest BCUT2D eigenvalue weighted by Crippen LogP contribution is 2.23. The number of esters is 1. The number of benzene rings is 2. The van der Waals surface area contributed by atoms with Gasteiger partial charge in [0.2, 0.25) is 0 Å². The van der Waals surface area contributed by atoms with Crippen LogP contribution in [0.3, 0.4) is 0 Å². The number of rotatable bonds is 7. The van der Waals surface area contributed by atoms with Gasteiger partial charge in [-0.05, 0) is 56.2 Å². The highest BCUT2D eigenvalue weighted by atomic mass is 35.5. The lowest BCUT2D eigenvalue weighted by atomic mass is 10.1. The molecule has 0 aromatic heterocycles. The molecule has 0 heterocycles. The molecule has 26 heavy (non-hydrogen) atoms. The number of hydrogen-bond acceptors (Lipinski definition) is 4. The van der Waals surface area contributed by atoms with E-state index in [1.807, 2.05) is 13.8 Å². The summed E-state index contributed by atoms with van der Waals surface area (Å²) >= 11 is 6.02. The third-order valence-electron chi connectivity index (χ3n) is 3.75. The zero-order valence-electron chi connectivity index (χ0n) is 15.0. The van der Waals surface area contributed by atoms with E-state index in [1.54, 1.807) is 49.4 Å². The molecule has 5 nitrogen and oxygen atoms in total. The van der Waals surface area contributed by atoms with Gasteiger partial charge >= 0.3 is 5.97 Å². The second-order valence-corrected chi connectivity index (χ2v) is 6.09. The van der Waals surface area contributed by atoms with E-state index in [0.29, 0.717) is 28.4 Å². The Labute approximate surface area is 158 Å². The van der Waals surface area contributed by atoms with Gasteiger partial charge in [0.25, 0.3) is 5.91 Å². The standard InChI is InChI=1S/C20H22ClNO4/c1-4-18(26-14-10-11-16(21)13(3)12-14)19(23)22-17-9-7-6-8-15(17)20(24)25-5-2/h6-12,18H,4-5H2,1-3H3,(H,22,23). The smallest absolute Gasteiger partial charge is 0.340 e. The van der Waals surface area contributed by atoms with Crippen LogP contribution in [-0.2, 0) is 9.53 Å². The van der Waals surface area contributed by atoms with Gasteiger partial charge in [-0.25, -0.2) is 4.79 Å². The van der Waals surface area contributed by atoms with E-state index in [1.165, 1.54) is 0 Å². The molecule has 1 amide bonds. The highest BCUT2D eigenvalue weighted by molar-refractivity contribution is 6.31. The van der Waals surface area contributed by atoms with E-state index in [0.717, 1.165) is 5.56 Å². The van der Waals surface area contributed by atoms with Crippen LogP contribution in [0.4, 0.5) is 5.69 Å². The van der Waals surface area contributed by atoms with Crippen molar-refractivity contribution in [2.24, 2.45) is 0 Å². The summed E-state index contributed by atoms with van der Waals surface area (Å²) in [5.74, 6) is -0.255. The topological polar surface area (TPSA) is 64.6 Å². The lowest BCUT2D eigenvalue weighted by Crippen LogP contribution is -2.33. The van der Waals surface area contributed by atoms with Crippen LogP contribution in [0.1, 0.15) is 36.2 Å². The number of aryl methyl sites for hydroxylation is 1. The van der Waals surface area contributed by atoms with Gasteiger partial charge in [0.1, 0.15) is 5.75 Å². The minimum atomic E-state index is -0.703. The van der Waals surface area contributed by atoms with E-state index in [9.17, 15) is 9.59 Å². The maximum atomic E-state index is 12.6. The number of halogens is 1. The Bertz CT molecular complexity index is 791. The molecule has 1 N–H and O–H groups in total. The van der Waals surface area contributed by atoms with Gasteiger partial charge < -0.3 is 14.8 Å². The molecule has 0 saturated heterocycles. The second-order valence-electron chi connectivity index (χ2n) is 5.68. The number of hydrogen-bond donors (Lipinski definition) is 1. The maximum absolute atomic E-state index is 12.6. The maximum Gasteiger partial charge on any atom is 0.340 e. The quantitative estimate of drug-likeness (QED) is 0.717. The van der Waals surface area contributed by atoms with Crippen LogP contribution in [-0.4, -0.2) is 24.6 Å². The van der Waals surface area contributed by atoms with Crippen LogP contribution in [0.15, 0.2) is 42.5 Å². The molecule has 0 fully saturated rings. The Morgan fingerprint density at radius 2 is 1.88 bits per heavy atom. The molecule has 138 valence electrons. The molecular weight excluding hydrogens is 354 g/mol. The molecular formula is C20H22ClNO4. The van der Waals surface area contributed by atoms with Crippen LogP contribution in [0, 0.1) is 6.92 Å². The Hall–Kier alpha value is -2.53. The number of ether oxygens (including phenoxy) is 2. The Morgan fingerprint density at radius 3 is 2.54 bits per heavy atom. The molecule has 1 atom stereocenters. The first-order valence-electron chi connectivity index (χ1n) is 8.46. The largest absolute Gasteiger partial charge is 0.481 e. The molecule has 2 aromatic rings. The second kappa shape index (κ2) is 9.25. The van der Waals surface area contributed by atoms with Gasteiger partial charge in [-0.3, -0.25) is 4.79 Å². The summed E-state index contributed by atoms with van der Waals surface area (Å²) in [5.41, 5.74) is 1.57. The van der Waals surface area contributed by atoms with E-state index < -0.39 is 12.1 Å². The Kier molecular flexibility index (Phi) is 7.04. The molecule has 0 bridgehead atoms. The van der Waals surface area contributed by atoms with Crippen LogP contribution in [0.2, 0.25) is 5.02 Å². The van der Waals surface area contributed by atoms with Crippen LogP contribution < -0.4 is 10.1 Å². The fraction of sp³-hybridized carbons (Fsp3) is 0.300. The zero-order chi connectivity index (χ0) is 19.1. The van der Waals surface area contributed by atoms with Gasteiger partial charge in [0.05, 0.1) is 17.9 Å². The average molecular weight is 376 g/mol. The van der Waals surface area contributed by atoms with Gasteiger partial charge in [-0.15, -0.1) is 0 Å². The normalized spacial score (nSPS) is 11.5. The van der Waals surface area contributed by atoms with Gasteiger partial charge in [0.15, 0.2) is 6.10 Å². The molecule has 0 aliphatic carbocycles. The Morgan fingerprint density at radius 1 is 1.15 bits per heavy atom. The first kappa shape index (κ1) is 19.8. The molecule has 0 aliphatic heterocycles. The van der Waals surface area contributed by atoms with Crippen molar-refractivity contribution >= 4 is 29.2 Å². The number of para-hydroxylation sites is 1. The molecule has 1 unspecified atom stereocenters. The van der Waals surface area contributed by atoms with E-state index in [2.05, 4.69) is 5.32 Å². The zero-order valence-corrected chi connectivity index (χ0v) is 15.8. The van der Waals surface area contributed by atoms with Crippen LogP contribution in [0.25, 0.3) is 0 Å². The summed E-state index contributed by atoms with van der Waals surface area (Å²) in [6.45, 7) is 5.71. The van der Waals surface area contributed by atoms with Crippen molar-refractivity contribution in [1.82, 2.24) is 0 Å². The monoisotopic (exact) mass is 375 g/mol. The summed E-state index contributed by atoms with van der Waals surface area (Å²) < 4.78 is 10.8. The predicted octanol–water partition coefficient (Wildman–Crippen LogP) is 4.62. The third-order valence-corrected chi connectivity index (χ3v) is 4.18. The molecule has 2 aromatic carbocycles.